The zero-order valence-electron chi connectivity index (χ0n) is 38.9. The van der Waals surface area contributed by atoms with E-state index in [0.717, 1.165) is 31.1 Å². The van der Waals surface area contributed by atoms with Crippen molar-refractivity contribution in [3.63, 3.8) is 0 Å². The molecule has 1 radical (unpaired) electrons. The van der Waals surface area contributed by atoms with Gasteiger partial charge < -0.3 is 82.4 Å². The van der Waals surface area contributed by atoms with Crippen LogP contribution < -0.4 is 27.8 Å². The number of nitrogens with zero attached hydrogens (tertiary/aromatic N) is 2. The average Bonchev–Trinajstić information content (AvgIpc) is 3.22. The molecule has 0 bridgehead atoms. The van der Waals surface area contributed by atoms with Gasteiger partial charge in [0.2, 0.25) is 23.6 Å². The first-order valence-corrected chi connectivity index (χ1v) is 21.1. The topological polar surface area (TPSA) is 314 Å². The fourth-order valence-electron chi connectivity index (χ4n) is 4.40. The number of likely N-dealkylation sites (N-methyl/N-ethyl adjacent to an activating group) is 1. The van der Waals surface area contributed by atoms with Crippen molar-refractivity contribution in [1.82, 2.24) is 21.7 Å². The maximum absolute atomic E-state index is 12.1. The first-order chi connectivity index (χ1) is 29.2. The van der Waals surface area contributed by atoms with Gasteiger partial charge >= 0.3 is 0 Å². The predicted molar refractivity (Wildman–Crippen MR) is 238 cm³/mol. The van der Waals surface area contributed by atoms with Crippen molar-refractivity contribution >= 4 is 41.9 Å². The molecule has 1 aromatic carbocycles. The van der Waals surface area contributed by atoms with E-state index in [0.29, 0.717) is 38.0 Å². The van der Waals surface area contributed by atoms with Gasteiger partial charge in [-0.15, -0.1) is 0 Å². The number of aldehydes is 2. The molecule has 21 heteroatoms. The Morgan fingerprint density at radius 1 is 0.952 bits per heavy atom. The van der Waals surface area contributed by atoms with Gasteiger partial charge in [0.1, 0.15) is 24.9 Å². The normalized spacial score (nSPS) is 13.8. The summed E-state index contributed by atoms with van der Waals surface area (Å²) in [5.74, 6) is -1.55. The standard InChI is InChI=1S/C18H31N3O5.C12H18N3O5.C5H10O3.C4H10.C3H8.H3N.Y/c1-3-4-5-7-15(14-23)12-18(26)21(2)13-17(25)20-10-8-16(24)19-9-6-11-22;1-14-10-6-9(2-3-11(10)16)7-20-15-19-5-4-18-8-12(13)17;6-4-1-5(7)3-8-2-4;1-3-4-2;1-3-2;;/h11,14-15H,3-10,12-13H2,1-2H3,(H,19,24)(H,20,25);2-3,6,14,16H,4-5,7-8H2,1H3,(H2,13,17);4-7H,1-3H2;3-4H2,1-2H3;3H2,1-2H3;1H3;/q;-1;;;;;. The molecule has 0 saturated carbocycles. The molecule has 20 nitrogen and oxygen atoms in total. The SMILES string of the molecule is CCC.CCCC.CCCCCC(C=O)CC(=O)N(C)CC(=O)NCCC(=O)NCCC=O.CNc1cc(CO[N-]OCCOCC(N)=O)ccc1O.N.OC1COCC(O)C1.[Y]. The second kappa shape index (κ2) is 49.8. The Morgan fingerprint density at radius 3 is 2.08 bits per heavy atom. The van der Waals surface area contributed by atoms with Crippen LogP contribution in [-0.4, -0.2) is 135 Å². The second-order valence-electron chi connectivity index (χ2n) is 13.8. The Labute approximate surface area is 400 Å². The predicted octanol–water partition coefficient (Wildman–Crippen LogP) is 3.63. The minimum absolute atomic E-state index is 0. The molecule has 0 aliphatic carbocycles. The summed E-state index contributed by atoms with van der Waals surface area (Å²) < 4.78 is 9.65. The van der Waals surface area contributed by atoms with Crippen LogP contribution >= 0.6 is 0 Å². The number of hydrogen-bond donors (Lipinski definition) is 8. The second-order valence-corrected chi connectivity index (χ2v) is 13.8. The number of aliphatic hydroxyl groups excluding tert-OH is 2. The zero-order chi connectivity index (χ0) is 46.7. The van der Waals surface area contributed by atoms with Gasteiger partial charge in [-0.25, -0.2) is 0 Å². The number of aromatic hydroxyl groups is 1. The summed E-state index contributed by atoms with van der Waals surface area (Å²) in [5.41, 5.74) is 9.69. The maximum Gasteiger partial charge on any atom is 0.243 e. The van der Waals surface area contributed by atoms with Crippen molar-refractivity contribution < 1.29 is 95.9 Å². The Hall–Kier alpha value is -3.18. The minimum Gasteiger partial charge on any atom is -0.506 e. The summed E-state index contributed by atoms with van der Waals surface area (Å²) in [6.45, 7) is 12.2. The van der Waals surface area contributed by atoms with E-state index < -0.39 is 18.1 Å². The number of nitrogens with two attached hydrogens (primary N) is 1. The van der Waals surface area contributed by atoms with E-state index in [9.17, 15) is 33.9 Å². The number of carbonyl (C=O) groups excluding carboxylic acids is 6. The van der Waals surface area contributed by atoms with Crippen LogP contribution in [0.5, 0.6) is 5.75 Å². The number of aliphatic hydroxyl groups is 2. The molecular weight excluding hydrogens is 899 g/mol. The Bertz CT molecular complexity index is 1280. The van der Waals surface area contributed by atoms with E-state index in [4.69, 9.17) is 35.1 Å². The summed E-state index contributed by atoms with van der Waals surface area (Å²) >= 11 is 0. The number of amides is 4. The number of unbranched alkanes of at least 4 members (excludes halogenated alkanes) is 3. The van der Waals surface area contributed by atoms with Crippen molar-refractivity contribution in [1.29, 1.82) is 0 Å². The molecular formula is C42H80N7O13Y-. The van der Waals surface area contributed by atoms with Crippen LogP contribution in [0.4, 0.5) is 5.69 Å². The quantitative estimate of drug-likeness (QED) is 0.0285. The summed E-state index contributed by atoms with van der Waals surface area (Å²) in [7, 11) is 3.22. The number of phenolic OH excluding ortho intramolecular Hbond substituents is 1. The molecule has 1 heterocycles. The van der Waals surface area contributed by atoms with Gasteiger partial charge in [0.25, 0.3) is 0 Å². The van der Waals surface area contributed by atoms with Crippen molar-refractivity contribution in [2.45, 2.75) is 124 Å². The van der Waals surface area contributed by atoms with Crippen molar-refractivity contribution in [2.75, 3.05) is 72.1 Å². The fourth-order valence-corrected chi connectivity index (χ4v) is 4.40. The average molecular weight is 980 g/mol. The minimum atomic E-state index is -0.536. The first kappa shape index (κ1) is 68.9. The molecule has 63 heavy (non-hydrogen) atoms. The molecule has 3 atom stereocenters. The number of nitrogens with one attached hydrogen (secondary N) is 3. The van der Waals surface area contributed by atoms with Gasteiger partial charge in [0.05, 0.1) is 57.5 Å². The zero-order valence-corrected chi connectivity index (χ0v) is 41.8. The number of primary amides is 1. The van der Waals surface area contributed by atoms with Crippen molar-refractivity contribution in [3.8, 4) is 5.75 Å². The van der Waals surface area contributed by atoms with E-state index in [1.54, 1.807) is 25.2 Å². The number of ether oxygens (including phenoxy) is 2. The third-order valence-corrected chi connectivity index (χ3v) is 7.77. The van der Waals surface area contributed by atoms with Crippen LogP contribution in [0, 0.1) is 5.92 Å². The molecule has 4 amide bonds. The number of phenols is 1. The molecule has 2 rings (SSSR count). The summed E-state index contributed by atoms with van der Waals surface area (Å²) in [4.78, 5) is 77.9. The maximum atomic E-state index is 12.1. The molecule has 365 valence electrons. The third-order valence-electron chi connectivity index (χ3n) is 7.77. The van der Waals surface area contributed by atoms with E-state index in [1.807, 2.05) is 0 Å². The van der Waals surface area contributed by atoms with E-state index >= 15 is 0 Å². The third kappa shape index (κ3) is 46.6. The summed E-state index contributed by atoms with van der Waals surface area (Å²) in [5, 5.41) is 35.0. The molecule has 1 saturated heterocycles. The molecule has 1 aromatic rings. The molecule has 1 fully saturated rings. The van der Waals surface area contributed by atoms with Gasteiger partial charge in [-0.1, -0.05) is 79.2 Å². The van der Waals surface area contributed by atoms with Crippen molar-refractivity contribution in [2.24, 2.45) is 11.7 Å². The summed E-state index contributed by atoms with van der Waals surface area (Å²) in [6, 6.07) is 5.01. The first-order valence-electron chi connectivity index (χ1n) is 21.1. The Kier molecular flexibility index (Phi) is 54.5. The fraction of sp³-hybridized carbons (Fsp3) is 0.714. The monoisotopic (exact) mass is 979 g/mol. The van der Waals surface area contributed by atoms with E-state index in [2.05, 4.69) is 56.2 Å². The molecule has 1 aliphatic rings. The van der Waals surface area contributed by atoms with Crippen LogP contribution in [-0.2, 0) is 87.2 Å². The Morgan fingerprint density at radius 2 is 1.57 bits per heavy atom. The van der Waals surface area contributed by atoms with Gasteiger partial charge in [-0.05, 0) is 24.1 Å². The molecule has 3 unspecified atom stereocenters. The van der Waals surface area contributed by atoms with Crippen LogP contribution in [0.15, 0.2) is 18.2 Å². The molecule has 0 spiro atoms. The smallest absolute Gasteiger partial charge is 0.243 e. The molecule has 11 N–H and O–H groups in total. The number of hydrogen-bond acceptors (Lipinski definition) is 15. The number of rotatable bonds is 26. The summed E-state index contributed by atoms with van der Waals surface area (Å²) in [6.07, 6.45) is 9.09. The van der Waals surface area contributed by atoms with Crippen LogP contribution in [0.25, 0.3) is 5.64 Å². The number of benzene rings is 1. The van der Waals surface area contributed by atoms with E-state index in [-0.39, 0.29) is 134 Å². The molecule has 0 aromatic heterocycles. The van der Waals surface area contributed by atoms with Gasteiger partial charge in [-0.3, -0.25) is 19.2 Å². The van der Waals surface area contributed by atoms with Gasteiger partial charge in [0, 0.05) is 91.5 Å². The largest absolute Gasteiger partial charge is 0.506 e. The van der Waals surface area contributed by atoms with Gasteiger partial charge in [0.15, 0.2) is 0 Å². The van der Waals surface area contributed by atoms with E-state index in [1.165, 1.54) is 31.2 Å². The van der Waals surface area contributed by atoms with Crippen LogP contribution in [0.1, 0.15) is 111 Å². The molecule has 1 aliphatic heterocycles. The van der Waals surface area contributed by atoms with Crippen LogP contribution in [0.2, 0.25) is 0 Å². The van der Waals surface area contributed by atoms with Crippen LogP contribution in [0.3, 0.4) is 0 Å². The number of carbonyl (C=O) groups is 6. The van der Waals surface area contributed by atoms with Gasteiger partial charge in [-0.2, -0.15) is 0 Å². The Balaban J connectivity index is -0.000000265. The number of anilines is 1. The van der Waals surface area contributed by atoms with Crippen molar-refractivity contribution in [3.05, 3.63) is 29.4 Å².